The van der Waals surface area contributed by atoms with Crippen molar-refractivity contribution in [2.24, 2.45) is 0 Å². The van der Waals surface area contributed by atoms with Gasteiger partial charge in [0.2, 0.25) is 0 Å². The van der Waals surface area contributed by atoms with Crippen LogP contribution < -0.4 is 4.90 Å². The van der Waals surface area contributed by atoms with Crippen molar-refractivity contribution in [2.75, 3.05) is 4.90 Å². The number of aryl methyl sites for hydroxylation is 1. The van der Waals surface area contributed by atoms with Gasteiger partial charge in [0.05, 0.1) is 10.4 Å². The van der Waals surface area contributed by atoms with Crippen molar-refractivity contribution in [3.63, 3.8) is 0 Å². The number of nitrogens with zero attached hydrogens (tertiary/aromatic N) is 1. The Morgan fingerprint density at radius 3 is 2.14 bits per heavy atom. The molecule has 0 aliphatic heterocycles. The standard InChI is InChI=1S/C46H31NOS/c1-2-10-32-28-35(20-19-30(32)9-1)34-12-7-11-33(27-34)31-21-23-36(24-22-31)47(37-25-26-39-38-13-3-5-17-43(38)48-44(39)29-37)42-16-8-15-41-40-14-4-6-18-45(40)49-46(41)42/h1-5,7-17,19-29H,6,18H2. The second-order valence-corrected chi connectivity index (χ2v) is 13.9. The number of furan rings is 1. The van der Waals surface area contributed by atoms with Crippen LogP contribution in [0.2, 0.25) is 0 Å². The molecule has 232 valence electrons. The van der Waals surface area contributed by atoms with Crippen LogP contribution in [-0.2, 0) is 6.42 Å². The second kappa shape index (κ2) is 11.4. The topological polar surface area (TPSA) is 16.4 Å². The number of para-hydroxylation sites is 1. The lowest BCUT2D eigenvalue weighted by Crippen LogP contribution is -2.10. The fourth-order valence-corrected chi connectivity index (χ4v) is 8.77. The van der Waals surface area contributed by atoms with Crippen molar-refractivity contribution < 1.29 is 4.42 Å². The molecular weight excluding hydrogens is 615 g/mol. The highest BCUT2D eigenvalue weighted by Gasteiger charge is 2.21. The SMILES string of the molecule is C1=Cc2c(sc3c(N(c4ccc(-c5cccc(-c6ccc7ccccc7c6)c5)cc4)c4ccc5c(c4)oc4ccccc45)cccc23)CC1. The molecule has 1 aliphatic carbocycles. The Balaban J connectivity index is 1.09. The lowest BCUT2D eigenvalue weighted by molar-refractivity contribution is 0.669. The molecule has 9 aromatic rings. The maximum atomic E-state index is 6.38. The fourth-order valence-electron chi connectivity index (χ4n) is 7.46. The highest BCUT2D eigenvalue weighted by Crippen LogP contribution is 2.46. The first-order chi connectivity index (χ1) is 24.3. The third-order valence-electron chi connectivity index (χ3n) is 9.90. The van der Waals surface area contributed by atoms with Crippen LogP contribution >= 0.6 is 11.3 Å². The van der Waals surface area contributed by atoms with Gasteiger partial charge in [0, 0.05) is 38.5 Å². The molecule has 0 spiro atoms. The largest absolute Gasteiger partial charge is 0.456 e. The second-order valence-electron chi connectivity index (χ2n) is 12.8. The summed E-state index contributed by atoms with van der Waals surface area (Å²) in [5.41, 5.74) is 11.4. The predicted molar refractivity (Wildman–Crippen MR) is 210 cm³/mol. The lowest BCUT2D eigenvalue weighted by Gasteiger charge is -2.26. The third kappa shape index (κ3) is 4.77. The monoisotopic (exact) mass is 645 g/mol. The number of hydrogen-bond acceptors (Lipinski definition) is 3. The minimum absolute atomic E-state index is 0.895. The fraction of sp³-hybridized carbons (Fsp3) is 0.0435. The van der Waals surface area contributed by atoms with E-state index in [2.05, 4.69) is 157 Å². The van der Waals surface area contributed by atoms with Gasteiger partial charge in [-0.3, -0.25) is 0 Å². The number of anilines is 3. The summed E-state index contributed by atoms with van der Waals surface area (Å²) in [5.74, 6) is 0. The molecule has 1 aliphatic rings. The molecule has 2 nitrogen and oxygen atoms in total. The summed E-state index contributed by atoms with van der Waals surface area (Å²) >= 11 is 1.94. The normalized spacial score (nSPS) is 12.7. The van der Waals surface area contributed by atoms with Gasteiger partial charge in [-0.1, -0.05) is 109 Å². The molecule has 3 heteroatoms. The maximum absolute atomic E-state index is 6.38. The van der Waals surface area contributed by atoms with Gasteiger partial charge in [0.1, 0.15) is 11.2 Å². The summed E-state index contributed by atoms with van der Waals surface area (Å²) in [5, 5.41) is 6.12. The minimum Gasteiger partial charge on any atom is -0.456 e. The molecule has 0 fully saturated rings. The van der Waals surface area contributed by atoms with Crippen LogP contribution in [0.4, 0.5) is 17.1 Å². The Kier molecular flexibility index (Phi) is 6.53. The Bertz CT molecular complexity index is 2730. The van der Waals surface area contributed by atoms with E-state index in [1.54, 1.807) is 0 Å². The van der Waals surface area contributed by atoms with E-state index in [1.165, 1.54) is 59.2 Å². The molecule has 0 radical (unpaired) electrons. The van der Waals surface area contributed by atoms with Gasteiger partial charge in [-0.2, -0.15) is 0 Å². The van der Waals surface area contributed by atoms with Crippen LogP contribution in [0.3, 0.4) is 0 Å². The Morgan fingerprint density at radius 2 is 1.22 bits per heavy atom. The maximum Gasteiger partial charge on any atom is 0.137 e. The van der Waals surface area contributed by atoms with E-state index in [-0.39, 0.29) is 0 Å². The molecule has 10 rings (SSSR count). The Labute approximate surface area is 288 Å². The Morgan fingerprint density at radius 1 is 0.510 bits per heavy atom. The molecule has 0 unspecified atom stereocenters. The number of allylic oxidation sites excluding steroid dienone is 1. The van der Waals surface area contributed by atoms with Crippen molar-refractivity contribution in [1.29, 1.82) is 0 Å². The zero-order valence-corrected chi connectivity index (χ0v) is 27.6. The van der Waals surface area contributed by atoms with E-state index in [0.717, 1.165) is 46.2 Å². The van der Waals surface area contributed by atoms with Crippen molar-refractivity contribution in [2.45, 2.75) is 12.8 Å². The van der Waals surface area contributed by atoms with Crippen LogP contribution in [-0.4, -0.2) is 0 Å². The number of hydrogen-bond donors (Lipinski definition) is 0. The van der Waals surface area contributed by atoms with E-state index in [4.69, 9.17) is 4.42 Å². The van der Waals surface area contributed by atoms with Gasteiger partial charge in [-0.05, 0) is 100.0 Å². The Hall–Kier alpha value is -5.90. The van der Waals surface area contributed by atoms with Crippen LogP contribution in [0.15, 0.2) is 162 Å². The highest BCUT2D eigenvalue weighted by molar-refractivity contribution is 7.20. The lowest BCUT2D eigenvalue weighted by atomic mass is 9.97. The number of rotatable bonds is 5. The van der Waals surface area contributed by atoms with Crippen molar-refractivity contribution in [3.05, 3.63) is 168 Å². The minimum atomic E-state index is 0.895. The van der Waals surface area contributed by atoms with Gasteiger partial charge < -0.3 is 9.32 Å². The molecule has 7 aromatic carbocycles. The number of benzene rings is 7. The van der Waals surface area contributed by atoms with Gasteiger partial charge in [0.15, 0.2) is 0 Å². The van der Waals surface area contributed by atoms with Gasteiger partial charge >= 0.3 is 0 Å². The van der Waals surface area contributed by atoms with Gasteiger partial charge in [-0.25, -0.2) is 0 Å². The van der Waals surface area contributed by atoms with Crippen molar-refractivity contribution in [3.8, 4) is 22.3 Å². The summed E-state index contributed by atoms with van der Waals surface area (Å²) in [6, 6.07) is 54.8. The molecule has 0 bridgehead atoms. The quantitative estimate of drug-likeness (QED) is 0.185. The number of fused-ring (bicyclic) bond motifs is 7. The van der Waals surface area contributed by atoms with Crippen LogP contribution in [0.1, 0.15) is 16.9 Å². The highest BCUT2D eigenvalue weighted by atomic mass is 32.1. The van der Waals surface area contributed by atoms with Crippen LogP contribution in [0.25, 0.3) is 71.1 Å². The van der Waals surface area contributed by atoms with E-state index in [9.17, 15) is 0 Å². The summed E-state index contributed by atoms with van der Waals surface area (Å²) in [7, 11) is 0. The third-order valence-corrected chi connectivity index (χ3v) is 11.2. The van der Waals surface area contributed by atoms with E-state index < -0.39 is 0 Å². The molecule has 2 heterocycles. The van der Waals surface area contributed by atoms with Gasteiger partial charge in [0.25, 0.3) is 0 Å². The molecule has 49 heavy (non-hydrogen) atoms. The molecule has 0 atom stereocenters. The molecule has 0 saturated carbocycles. The smallest absolute Gasteiger partial charge is 0.137 e. The molecule has 0 N–H and O–H groups in total. The van der Waals surface area contributed by atoms with Crippen LogP contribution in [0.5, 0.6) is 0 Å². The first-order valence-corrected chi connectivity index (χ1v) is 17.7. The van der Waals surface area contributed by atoms with Crippen molar-refractivity contribution >= 4 is 77.3 Å². The average molecular weight is 646 g/mol. The van der Waals surface area contributed by atoms with E-state index >= 15 is 0 Å². The first kappa shape index (κ1) is 28.1. The van der Waals surface area contributed by atoms with E-state index in [1.807, 2.05) is 23.5 Å². The predicted octanol–water partition coefficient (Wildman–Crippen LogP) is 13.7. The van der Waals surface area contributed by atoms with E-state index in [0.29, 0.717) is 0 Å². The summed E-state index contributed by atoms with van der Waals surface area (Å²) in [6.45, 7) is 0. The average Bonchev–Trinajstić information content (AvgIpc) is 3.74. The van der Waals surface area contributed by atoms with Gasteiger partial charge in [-0.15, -0.1) is 11.3 Å². The summed E-state index contributed by atoms with van der Waals surface area (Å²) in [4.78, 5) is 3.87. The zero-order valence-electron chi connectivity index (χ0n) is 26.8. The molecule has 0 amide bonds. The summed E-state index contributed by atoms with van der Waals surface area (Å²) < 4.78 is 7.70. The molecular formula is C46H31NOS. The molecule has 0 saturated heterocycles. The summed E-state index contributed by atoms with van der Waals surface area (Å²) in [6.07, 6.45) is 6.82. The first-order valence-electron chi connectivity index (χ1n) is 16.9. The van der Waals surface area contributed by atoms with Crippen molar-refractivity contribution in [1.82, 2.24) is 0 Å². The number of thiophene rings is 1. The van der Waals surface area contributed by atoms with Crippen LogP contribution in [0, 0.1) is 0 Å². The zero-order chi connectivity index (χ0) is 32.3. The molecule has 2 aromatic heterocycles.